The van der Waals surface area contributed by atoms with E-state index in [1.54, 1.807) is 27.8 Å². The zero-order chi connectivity index (χ0) is 23.5. The van der Waals surface area contributed by atoms with E-state index in [9.17, 15) is 9.59 Å². The Bertz CT molecular complexity index is 1250. The molecule has 1 atom stereocenters. The number of carbonyl (C=O) groups is 1. The van der Waals surface area contributed by atoms with Crippen LogP contribution in [0.2, 0.25) is 10.0 Å². The Morgan fingerprint density at radius 2 is 1.94 bits per heavy atom. The first-order valence-corrected chi connectivity index (χ1v) is 12.7. The highest BCUT2D eigenvalue weighted by Crippen LogP contribution is 2.40. The standard InChI is InChI=1S/C24H24Cl2N4O2S/c1-3-4-5-8-14-33-24-27-22(32)21-16-10-6-7-13-19(16)29(15(2)31)23(30(21)28-24)17-11-9-12-18(25)20(17)26/h6-7,9-13,23H,3-5,8,14H2,1-2H3/p+1/t23-/m1/s1. The summed E-state index contributed by atoms with van der Waals surface area (Å²) in [6, 6.07) is 12.6. The fraction of sp³-hybridized carbons (Fsp3) is 0.333. The molecule has 0 saturated heterocycles. The van der Waals surface area contributed by atoms with Gasteiger partial charge in [0, 0.05) is 17.8 Å². The van der Waals surface area contributed by atoms with Gasteiger partial charge in [-0.2, -0.15) is 0 Å². The number of fused-ring (bicyclic) bond motifs is 3. The van der Waals surface area contributed by atoms with Crippen molar-refractivity contribution in [2.75, 3.05) is 10.7 Å². The second-order valence-corrected chi connectivity index (χ2v) is 9.75. The molecule has 1 aliphatic heterocycles. The normalized spacial score (nSPS) is 14.7. The molecule has 0 spiro atoms. The van der Waals surface area contributed by atoms with Crippen molar-refractivity contribution in [2.24, 2.45) is 0 Å². The van der Waals surface area contributed by atoms with Gasteiger partial charge in [0.25, 0.3) is 6.17 Å². The molecule has 0 radical (unpaired) electrons. The summed E-state index contributed by atoms with van der Waals surface area (Å²) in [5.74, 6) is 0.648. The summed E-state index contributed by atoms with van der Waals surface area (Å²) in [6.07, 6.45) is 3.77. The van der Waals surface area contributed by atoms with Gasteiger partial charge in [-0.25, -0.2) is 4.90 Å². The first kappa shape index (κ1) is 23.8. The number of anilines is 1. The lowest BCUT2D eigenvalue weighted by atomic mass is 10.0. The number of carbonyl (C=O) groups excluding carboxylic acids is 1. The number of nitrogens with one attached hydrogen (secondary N) is 1. The molecule has 2 aromatic carbocycles. The molecule has 0 unspecified atom stereocenters. The van der Waals surface area contributed by atoms with Crippen LogP contribution in [0.5, 0.6) is 0 Å². The molecular weight excluding hydrogens is 479 g/mol. The average molecular weight is 504 g/mol. The SMILES string of the molecule is CCCCCCSc1n[n+]2c(c(=O)[nH]1)-c1ccccc1N(C(C)=O)[C@H]2c1cccc(Cl)c1Cl. The predicted molar refractivity (Wildman–Crippen MR) is 133 cm³/mol. The first-order valence-electron chi connectivity index (χ1n) is 11.0. The van der Waals surface area contributed by atoms with Crippen LogP contribution in [0.3, 0.4) is 0 Å². The van der Waals surface area contributed by atoms with Gasteiger partial charge in [-0.1, -0.05) is 79.3 Å². The minimum Gasteiger partial charge on any atom is -0.291 e. The van der Waals surface area contributed by atoms with Crippen LogP contribution in [0, 0.1) is 0 Å². The van der Waals surface area contributed by atoms with Crippen LogP contribution in [0.25, 0.3) is 11.3 Å². The maximum atomic E-state index is 13.3. The van der Waals surface area contributed by atoms with Gasteiger partial charge in [0.1, 0.15) is 0 Å². The van der Waals surface area contributed by atoms with Crippen LogP contribution in [-0.4, -0.2) is 21.7 Å². The number of nitrogens with zero attached hydrogens (tertiary/aromatic N) is 3. The topological polar surface area (TPSA) is 69.9 Å². The van der Waals surface area contributed by atoms with Crippen molar-refractivity contribution in [1.82, 2.24) is 10.1 Å². The van der Waals surface area contributed by atoms with Crippen molar-refractivity contribution in [3.63, 3.8) is 0 Å². The van der Waals surface area contributed by atoms with E-state index in [2.05, 4.69) is 11.9 Å². The lowest BCUT2D eigenvalue weighted by Crippen LogP contribution is -2.60. The summed E-state index contributed by atoms with van der Waals surface area (Å²) in [5, 5.41) is 5.98. The van der Waals surface area contributed by atoms with Crippen molar-refractivity contribution < 1.29 is 9.48 Å². The predicted octanol–water partition coefficient (Wildman–Crippen LogP) is 5.62. The molecule has 1 amide bonds. The molecule has 1 N–H and O–H groups in total. The van der Waals surface area contributed by atoms with E-state index < -0.39 is 6.17 Å². The van der Waals surface area contributed by atoms with E-state index in [1.165, 1.54) is 25.1 Å². The molecule has 0 bridgehead atoms. The summed E-state index contributed by atoms with van der Waals surface area (Å²) in [4.78, 5) is 30.7. The summed E-state index contributed by atoms with van der Waals surface area (Å²) in [7, 11) is 0. The molecule has 0 saturated carbocycles. The van der Waals surface area contributed by atoms with Crippen molar-refractivity contribution in [3.05, 3.63) is 68.4 Å². The number of thioether (sulfide) groups is 1. The fourth-order valence-corrected chi connectivity index (χ4v) is 5.33. The summed E-state index contributed by atoms with van der Waals surface area (Å²) in [6.45, 7) is 3.66. The Morgan fingerprint density at radius 1 is 1.15 bits per heavy atom. The van der Waals surface area contributed by atoms with Gasteiger partial charge in [0.2, 0.25) is 11.1 Å². The number of H-pyrrole nitrogens is 1. The van der Waals surface area contributed by atoms with Gasteiger partial charge >= 0.3 is 11.3 Å². The van der Waals surface area contributed by atoms with E-state index in [1.807, 2.05) is 24.3 Å². The van der Waals surface area contributed by atoms with E-state index >= 15 is 0 Å². The molecule has 4 rings (SSSR count). The molecule has 0 fully saturated rings. The maximum absolute atomic E-state index is 13.3. The molecule has 1 aromatic heterocycles. The van der Waals surface area contributed by atoms with Gasteiger partial charge in [0.15, 0.2) is 0 Å². The second-order valence-electron chi connectivity index (χ2n) is 7.88. The zero-order valence-corrected chi connectivity index (χ0v) is 20.8. The van der Waals surface area contributed by atoms with E-state index in [0.29, 0.717) is 37.7 Å². The molecule has 1 aliphatic rings. The number of aromatic nitrogens is 3. The van der Waals surface area contributed by atoms with E-state index in [4.69, 9.17) is 28.3 Å². The number of hydrogen-bond acceptors (Lipinski definition) is 4. The third-order valence-electron chi connectivity index (χ3n) is 5.59. The van der Waals surface area contributed by atoms with Crippen LogP contribution in [0.15, 0.2) is 52.4 Å². The summed E-state index contributed by atoms with van der Waals surface area (Å²) in [5.41, 5.74) is 1.96. The second kappa shape index (κ2) is 10.3. The fourth-order valence-electron chi connectivity index (χ4n) is 4.08. The number of amides is 1. The van der Waals surface area contributed by atoms with Gasteiger partial charge in [-0.3, -0.25) is 14.6 Å². The van der Waals surface area contributed by atoms with Crippen LogP contribution in [-0.2, 0) is 4.79 Å². The van der Waals surface area contributed by atoms with Crippen LogP contribution < -0.4 is 15.1 Å². The average Bonchev–Trinajstić information content (AvgIpc) is 2.79. The number of aromatic amines is 1. The van der Waals surface area contributed by atoms with Crippen molar-refractivity contribution in [3.8, 4) is 11.3 Å². The van der Waals surface area contributed by atoms with Gasteiger partial charge < -0.3 is 0 Å². The van der Waals surface area contributed by atoms with Crippen LogP contribution in [0.1, 0.15) is 51.3 Å². The number of hydrogen-bond donors (Lipinski definition) is 1. The Hall–Kier alpha value is -2.35. The van der Waals surface area contributed by atoms with Crippen molar-refractivity contribution in [1.29, 1.82) is 0 Å². The third-order valence-corrected chi connectivity index (χ3v) is 7.38. The Balaban J connectivity index is 1.89. The highest BCUT2D eigenvalue weighted by Gasteiger charge is 2.45. The third kappa shape index (κ3) is 4.67. The minimum absolute atomic E-state index is 0.197. The number of benzene rings is 2. The van der Waals surface area contributed by atoms with E-state index in [-0.39, 0.29) is 11.5 Å². The maximum Gasteiger partial charge on any atom is 0.325 e. The molecular formula is C24H25Cl2N4O2S+. The molecule has 6 nitrogen and oxygen atoms in total. The van der Waals surface area contributed by atoms with Crippen LogP contribution >= 0.6 is 35.0 Å². The quantitative estimate of drug-likeness (QED) is 0.258. The van der Waals surface area contributed by atoms with Crippen molar-refractivity contribution in [2.45, 2.75) is 50.9 Å². The molecule has 0 aliphatic carbocycles. The number of para-hydroxylation sites is 1. The Kier molecular flexibility index (Phi) is 7.41. The lowest BCUT2D eigenvalue weighted by molar-refractivity contribution is -0.763. The van der Waals surface area contributed by atoms with E-state index in [0.717, 1.165) is 25.0 Å². The van der Waals surface area contributed by atoms with Gasteiger partial charge in [-0.15, -0.1) is 0 Å². The van der Waals surface area contributed by atoms with Gasteiger partial charge in [-0.05, 0) is 35.4 Å². The highest BCUT2D eigenvalue weighted by molar-refractivity contribution is 7.99. The highest BCUT2D eigenvalue weighted by atomic mass is 35.5. The zero-order valence-electron chi connectivity index (χ0n) is 18.5. The van der Waals surface area contributed by atoms with Crippen LogP contribution in [0.4, 0.5) is 5.69 Å². The molecule has 33 heavy (non-hydrogen) atoms. The smallest absolute Gasteiger partial charge is 0.291 e. The Morgan fingerprint density at radius 3 is 2.70 bits per heavy atom. The monoisotopic (exact) mass is 503 g/mol. The number of halogens is 2. The van der Waals surface area contributed by atoms with Crippen molar-refractivity contribution >= 4 is 46.6 Å². The molecule has 9 heteroatoms. The Labute approximate surface area is 206 Å². The molecule has 3 aromatic rings. The molecule has 2 heterocycles. The number of rotatable bonds is 7. The molecule has 172 valence electrons. The van der Waals surface area contributed by atoms with Gasteiger partial charge in [0.05, 0.1) is 26.9 Å². The first-order chi connectivity index (χ1) is 15.9. The minimum atomic E-state index is -0.750. The largest absolute Gasteiger partial charge is 0.325 e. The summed E-state index contributed by atoms with van der Waals surface area (Å²) < 4.78 is 1.61. The summed E-state index contributed by atoms with van der Waals surface area (Å²) >= 11 is 14.4. The lowest BCUT2D eigenvalue weighted by Gasteiger charge is -2.31. The number of unbranched alkanes of at least 4 members (excludes halogenated alkanes) is 3.